The Morgan fingerprint density at radius 3 is 2.86 bits per heavy atom. The maximum Gasteiger partial charge on any atom is 0.330 e. The van der Waals surface area contributed by atoms with Crippen molar-refractivity contribution in [3.05, 3.63) is 32.6 Å². The largest absolute Gasteiger partial charge is 0.350 e. The second kappa shape index (κ2) is 7.34. The van der Waals surface area contributed by atoms with Crippen LogP contribution in [0.4, 0.5) is 0 Å². The minimum atomic E-state index is -2.25. The van der Waals surface area contributed by atoms with Crippen LogP contribution in [0.25, 0.3) is 0 Å². The summed E-state index contributed by atoms with van der Waals surface area (Å²) in [5.41, 5.74) is -0.500. The highest BCUT2D eigenvalue weighted by molar-refractivity contribution is 7.36. The normalized spacial score (nSPS) is 23.6. The molecule has 0 radical (unpaired) electrons. The lowest BCUT2D eigenvalue weighted by molar-refractivity contribution is -0.0929. The molecule has 124 valence electrons. The Morgan fingerprint density at radius 2 is 2.18 bits per heavy atom. The molecule has 2 rings (SSSR count). The molecule has 0 aliphatic carbocycles. The SMILES string of the molecule is Cc1cn([C@H]2CNC[C@@H](CO[PH](=O)N(C)C)O2)c(=O)[nH]c1=O. The molecule has 1 aliphatic rings. The van der Waals surface area contributed by atoms with Gasteiger partial charge in [-0.3, -0.25) is 18.9 Å². The fraction of sp³-hybridized carbons (Fsp3) is 0.667. The van der Waals surface area contributed by atoms with Gasteiger partial charge in [0.25, 0.3) is 13.7 Å². The molecule has 0 bridgehead atoms. The van der Waals surface area contributed by atoms with Gasteiger partial charge in [0.2, 0.25) is 0 Å². The number of aryl methyl sites for hydroxylation is 1. The highest BCUT2D eigenvalue weighted by Crippen LogP contribution is 2.25. The molecule has 0 aromatic carbocycles. The maximum absolute atomic E-state index is 11.9. The van der Waals surface area contributed by atoms with Crippen LogP contribution in [-0.2, 0) is 13.8 Å². The minimum Gasteiger partial charge on any atom is -0.350 e. The molecule has 0 amide bonds. The first kappa shape index (κ1) is 17.1. The van der Waals surface area contributed by atoms with Gasteiger partial charge >= 0.3 is 5.69 Å². The van der Waals surface area contributed by atoms with Crippen molar-refractivity contribution in [3.8, 4) is 0 Å². The summed E-state index contributed by atoms with van der Waals surface area (Å²) in [4.78, 5) is 25.5. The first-order valence-electron chi connectivity index (χ1n) is 6.91. The van der Waals surface area contributed by atoms with Gasteiger partial charge in [-0.2, -0.15) is 0 Å². The van der Waals surface area contributed by atoms with Crippen LogP contribution >= 0.6 is 8.18 Å². The van der Waals surface area contributed by atoms with E-state index in [0.29, 0.717) is 18.7 Å². The Balaban J connectivity index is 2.05. The van der Waals surface area contributed by atoms with E-state index in [2.05, 4.69) is 10.3 Å². The molecule has 1 fully saturated rings. The van der Waals surface area contributed by atoms with Crippen molar-refractivity contribution in [2.24, 2.45) is 0 Å². The lowest BCUT2D eigenvalue weighted by atomic mass is 10.3. The van der Waals surface area contributed by atoms with E-state index < -0.39 is 25.7 Å². The first-order valence-corrected chi connectivity index (χ1v) is 8.17. The molecule has 2 N–H and O–H groups in total. The molecular formula is C12H21N4O5P. The smallest absolute Gasteiger partial charge is 0.330 e. The van der Waals surface area contributed by atoms with Gasteiger partial charge in [0.1, 0.15) is 0 Å². The molecule has 1 aromatic rings. The Kier molecular flexibility index (Phi) is 5.71. The van der Waals surface area contributed by atoms with Gasteiger partial charge in [-0.05, 0) is 21.0 Å². The predicted octanol–water partition coefficient (Wildman–Crippen LogP) is -0.700. The van der Waals surface area contributed by atoms with Gasteiger partial charge < -0.3 is 14.6 Å². The quantitative estimate of drug-likeness (QED) is 0.687. The van der Waals surface area contributed by atoms with Crippen LogP contribution < -0.4 is 16.6 Å². The van der Waals surface area contributed by atoms with Crippen LogP contribution in [0.15, 0.2) is 15.8 Å². The second-order valence-electron chi connectivity index (χ2n) is 5.32. The Labute approximate surface area is 128 Å². The summed E-state index contributed by atoms with van der Waals surface area (Å²) in [6.45, 7) is 2.76. The van der Waals surface area contributed by atoms with Crippen LogP contribution in [0, 0.1) is 6.92 Å². The Bertz CT molecular complexity index is 656. The molecule has 1 unspecified atom stereocenters. The van der Waals surface area contributed by atoms with Gasteiger partial charge in [-0.25, -0.2) is 9.46 Å². The molecule has 3 atom stereocenters. The third-order valence-electron chi connectivity index (χ3n) is 3.25. The number of aromatic amines is 1. The predicted molar refractivity (Wildman–Crippen MR) is 81.5 cm³/mol. The lowest BCUT2D eigenvalue weighted by Crippen LogP contribution is -2.47. The van der Waals surface area contributed by atoms with E-state index in [1.54, 1.807) is 21.0 Å². The fourth-order valence-electron chi connectivity index (χ4n) is 2.04. The molecule has 22 heavy (non-hydrogen) atoms. The van der Waals surface area contributed by atoms with Gasteiger partial charge in [-0.1, -0.05) is 0 Å². The number of hydrogen-bond acceptors (Lipinski definition) is 6. The number of ether oxygens (including phenoxy) is 1. The third kappa shape index (κ3) is 4.15. The zero-order valence-electron chi connectivity index (χ0n) is 12.8. The molecular weight excluding hydrogens is 311 g/mol. The standard InChI is InChI=1S/C12H21N4O5P/c1-8-6-16(12(18)14-11(8)17)10-5-13-4-9(21-10)7-20-22(19)15(2)3/h6,9-10,13,22H,4-5,7H2,1-3H3,(H,14,17,18)/t9-,10+/m0/s1. The van der Waals surface area contributed by atoms with E-state index in [1.165, 1.54) is 15.4 Å². The highest BCUT2D eigenvalue weighted by atomic mass is 31.1. The summed E-state index contributed by atoms with van der Waals surface area (Å²) in [7, 11) is 1.10. The zero-order valence-corrected chi connectivity index (χ0v) is 13.8. The van der Waals surface area contributed by atoms with Crippen molar-refractivity contribution in [1.82, 2.24) is 19.5 Å². The summed E-state index contributed by atoms with van der Waals surface area (Å²) < 4.78 is 25.5. The number of morpholine rings is 1. The average molecular weight is 332 g/mol. The molecule has 1 saturated heterocycles. The number of H-pyrrole nitrogens is 1. The monoisotopic (exact) mass is 332 g/mol. The van der Waals surface area contributed by atoms with Gasteiger partial charge in [0, 0.05) is 24.8 Å². The van der Waals surface area contributed by atoms with Crippen molar-refractivity contribution in [3.63, 3.8) is 0 Å². The molecule has 9 nitrogen and oxygen atoms in total. The van der Waals surface area contributed by atoms with Crippen molar-refractivity contribution < 1.29 is 13.8 Å². The molecule has 2 heterocycles. The summed E-state index contributed by atoms with van der Waals surface area (Å²) in [6.07, 6.45) is 0.596. The Morgan fingerprint density at radius 1 is 1.45 bits per heavy atom. The summed E-state index contributed by atoms with van der Waals surface area (Å²) in [5.74, 6) is 0. The molecule has 0 saturated carbocycles. The van der Waals surface area contributed by atoms with E-state index in [4.69, 9.17) is 9.26 Å². The average Bonchev–Trinajstić information content (AvgIpc) is 2.48. The van der Waals surface area contributed by atoms with Crippen molar-refractivity contribution in [2.75, 3.05) is 33.8 Å². The van der Waals surface area contributed by atoms with Gasteiger partial charge in [-0.15, -0.1) is 0 Å². The number of nitrogens with one attached hydrogen (secondary N) is 2. The summed E-state index contributed by atoms with van der Waals surface area (Å²) >= 11 is 0. The van der Waals surface area contributed by atoms with E-state index in [-0.39, 0.29) is 12.7 Å². The number of aromatic nitrogens is 2. The number of hydrogen-bond donors (Lipinski definition) is 2. The van der Waals surface area contributed by atoms with Gasteiger partial charge in [0.15, 0.2) is 6.23 Å². The maximum atomic E-state index is 11.9. The van der Waals surface area contributed by atoms with Crippen molar-refractivity contribution in [1.29, 1.82) is 0 Å². The van der Waals surface area contributed by atoms with Crippen LogP contribution in [-0.4, -0.2) is 54.1 Å². The second-order valence-corrected chi connectivity index (χ2v) is 7.04. The molecule has 10 heteroatoms. The molecule has 1 aromatic heterocycles. The fourth-order valence-corrected chi connectivity index (χ4v) is 2.63. The highest BCUT2D eigenvalue weighted by Gasteiger charge is 2.25. The third-order valence-corrected chi connectivity index (χ3v) is 4.40. The number of nitrogens with zero attached hydrogens (tertiary/aromatic N) is 2. The summed E-state index contributed by atoms with van der Waals surface area (Å²) in [6, 6.07) is 0. The van der Waals surface area contributed by atoms with Crippen LogP contribution in [0.2, 0.25) is 0 Å². The Hall–Kier alpha value is -1.25. The van der Waals surface area contributed by atoms with Gasteiger partial charge in [0.05, 0.1) is 12.7 Å². The van der Waals surface area contributed by atoms with E-state index in [0.717, 1.165) is 0 Å². The van der Waals surface area contributed by atoms with E-state index in [1.807, 2.05) is 0 Å². The number of rotatable bonds is 5. The lowest BCUT2D eigenvalue weighted by Gasteiger charge is -2.31. The topological polar surface area (TPSA) is 106 Å². The summed E-state index contributed by atoms with van der Waals surface area (Å²) in [5, 5.41) is 3.14. The van der Waals surface area contributed by atoms with Crippen LogP contribution in [0.3, 0.4) is 0 Å². The first-order chi connectivity index (χ1) is 10.4. The van der Waals surface area contributed by atoms with Crippen LogP contribution in [0.1, 0.15) is 11.8 Å². The molecule has 0 spiro atoms. The van der Waals surface area contributed by atoms with Crippen molar-refractivity contribution >= 4 is 8.18 Å². The van der Waals surface area contributed by atoms with Crippen molar-refractivity contribution in [2.45, 2.75) is 19.3 Å². The zero-order chi connectivity index (χ0) is 16.3. The van der Waals surface area contributed by atoms with Crippen LogP contribution in [0.5, 0.6) is 0 Å². The molecule has 1 aliphatic heterocycles. The van der Waals surface area contributed by atoms with E-state index >= 15 is 0 Å². The van der Waals surface area contributed by atoms with E-state index in [9.17, 15) is 14.2 Å². The minimum absolute atomic E-state index is 0.163.